The summed E-state index contributed by atoms with van der Waals surface area (Å²) in [6, 6.07) is 0. The third-order valence-corrected chi connectivity index (χ3v) is 2.11. The first kappa shape index (κ1) is 13.3. The zero-order valence-corrected chi connectivity index (χ0v) is 9.76. The van der Waals surface area contributed by atoms with Crippen molar-refractivity contribution in [3.05, 3.63) is 0 Å². The van der Waals surface area contributed by atoms with Crippen LogP contribution in [0.15, 0.2) is 0 Å². The largest absolute Gasteiger partial charge is 0.392 e. The van der Waals surface area contributed by atoms with Gasteiger partial charge in [0.25, 0.3) is 0 Å². The van der Waals surface area contributed by atoms with Crippen molar-refractivity contribution < 1.29 is 9.53 Å². The lowest BCUT2D eigenvalue weighted by atomic mass is 10.2. The molecule has 0 bridgehead atoms. The first-order chi connectivity index (χ1) is 6.47. The van der Waals surface area contributed by atoms with Crippen molar-refractivity contribution in [1.29, 1.82) is 0 Å². The molecule has 4 nitrogen and oxygen atoms in total. The number of hydrogen-bond acceptors (Lipinski definition) is 3. The number of methoxy groups -OCH3 is 1. The summed E-state index contributed by atoms with van der Waals surface area (Å²) in [7, 11) is 3.33. The lowest BCUT2D eigenvalue weighted by molar-refractivity contribution is -0.129. The van der Waals surface area contributed by atoms with E-state index in [0.29, 0.717) is 18.0 Å². The molecule has 0 heterocycles. The van der Waals surface area contributed by atoms with E-state index in [1.807, 2.05) is 6.92 Å². The van der Waals surface area contributed by atoms with Gasteiger partial charge in [-0.2, -0.15) is 0 Å². The molecular formula is C9H18N2O2S. The normalized spacial score (nSPS) is 12.2. The Labute approximate surface area is 90.4 Å². The number of carbonyl (C=O) groups is 1. The van der Waals surface area contributed by atoms with E-state index >= 15 is 0 Å². The molecule has 14 heavy (non-hydrogen) atoms. The van der Waals surface area contributed by atoms with Crippen molar-refractivity contribution in [2.24, 2.45) is 5.73 Å². The van der Waals surface area contributed by atoms with Crippen LogP contribution in [-0.4, -0.2) is 42.6 Å². The minimum Gasteiger partial charge on any atom is -0.392 e. The predicted molar refractivity (Wildman–Crippen MR) is 60.1 cm³/mol. The molecule has 1 unspecified atom stereocenters. The van der Waals surface area contributed by atoms with E-state index in [-0.39, 0.29) is 12.0 Å². The van der Waals surface area contributed by atoms with Crippen LogP contribution in [0.5, 0.6) is 0 Å². The Morgan fingerprint density at radius 1 is 1.64 bits per heavy atom. The number of amides is 1. The zero-order valence-electron chi connectivity index (χ0n) is 8.95. The molecule has 0 radical (unpaired) electrons. The van der Waals surface area contributed by atoms with E-state index in [2.05, 4.69) is 0 Å². The van der Waals surface area contributed by atoms with Crippen molar-refractivity contribution >= 4 is 23.1 Å². The summed E-state index contributed by atoms with van der Waals surface area (Å²) in [5, 5.41) is 0. The monoisotopic (exact) mass is 218 g/mol. The second kappa shape index (κ2) is 6.73. The van der Waals surface area contributed by atoms with Crippen molar-refractivity contribution in [2.75, 3.05) is 20.7 Å². The van der Waals surface area contributed by atoms with Gasteiger partial charge in [-0.25, -0.2) is 0 Å². The maximum atomic E-state index is 11.5. The number of thiocarbonyl (C=S) groups is 1. The Bertz CT molecular complexity index is 209. The standard InChI is InChI=1S/C9H18N2O2S/c1-7(13-3)4-5-9(12)11(2)6-8(10)14/h7H,4-6H2,1-3H3,(H2,10,14). The fourth-order valence-electron chi connectivity index (χ4n) is 0.957. The second-order valence-corrected chi connectivity index (χ2v) is 3.83. The van der Waals surface area contributed by atoms with Gasteiger partial charge in [-0.15, -0.1) is 0 Å². The summed E-state index contributed by atoms with van der Waals surface area (Å²) >= 11 is 4.71. The molecule has 0 fully saturated rings. The smallest absolute Gasteiger partial charge is 0.222 e. The lowest BCUT2D eigenvalue weighted by Gasteiger charge is -2.17. The number of ether oxygens (including phenoxy) is 1. The SMILES string of the molecule is COC(C)CCC(=O)N(C)CC(N)=S. The number of carbonyl (C=O) groups excluding carboxylic acids is 1. The molecule has 5 heteroatoms. The van der Waals surface area contributed by atoms with Gasteiger partial charge >= 0.3 is 0 Å². The molecule has 0 aliphatic carbocycles. The van der Waals surface area contributed by atoms with Crippen LogP contribution in [0.3, 0.4) is 0 Å². The van der Waals surface area contributed by atoms with E-state index in [0.717, 1.165) is 6.42 Å². The highest BCUT2D eigenvalue weighted by molar-refractivity contribution is 7.80. The molecular weight excluding hydrogens is 200 g/mol. The predicted octanol–water partition coefficient (Wildman–Crippen LogP) is 0.546. The fourth-order valence-corrected chi connectivity index (χ4v) is 1.15. The van der Waals surface area contributed by atoms with Gasteiger partial charge in [0.15, 0.2) is 0 Å². The van der Waals surface area contributed by atoms with Crippen LogP contribution in [0, 0.1) is 0 Å². The van der Waals surface area contributed by atoms with Crippen LogP contribution < -0.4 is 5.73 Å². The van der Waals surface area contributed by atoms with Gasteiger partial charge in [0.2, 0.25) is 5.91 Å². The van der Waals surface area contributed by atoms with Gasteiger partial charge in [-0.05, 0) is 13.3 Å². The molecule has 0 saturated heterocycles. The number of hydrogen-bond donors (Lipinski definition) is 1. The zero-order chi connectivity index (χ0) is 11.1. The van der Waals surface area contributed by atoms with Crippen molar-refractivity contribution in [1.82, 2.24) is 4.90 Å². The molecule has 1 amide bonds. The van der Waals surface area contributed by atoms with Gasteiger partial charge in [0, 0.05) is 20.6 Å². The first-order valence-electron chi connectivity index (χ1n) is 4.52. The molecule has 0 aromatic carbocycles. The van der Waals surface area contributed by atoms with Crippen molar-refractivity contribution in [2.45, 2.75) is 25.9 Å². The summed E-state index contributed by atoms with van der Waals surface area (Å²) in [5.41, 5.74) is 5.33. The summed E-state index contributed by atoms with van der Waals surface area (Å²) in [6.45, 7) is 2.27. The van der Waals surface area contributed by atoms with Crippen LogP contribution in [-0.2, 0) is 9.53 Å². The average molecular weight is 218 g/mol. The van der Waals surface area contributed by atoms with Gasteiger partial charge in [0.1, 0.15) is 0 Å². The number of rotatable bonds is 6. The molecule has 0 saturated carbocycles. The van der Waals surface area contributed by atoms with Gasteiger partial charge in [-0.3, -0.25) is 4.79 Å². The molecule has 0 aliphatic heterocycles. The second-order valence-electron chi connectivity index (χ2n) is 3.30. The Balaban J connectivity index is 3.78. The van der Waals surface area contributed by atoms with Gasteiger partial charge in [0.05, 0.1) is 17.6 Å². The Kier molecular flexibility index (Phi) is 6.40. The Morgan fingerprint density at radius 2 is 2.21 bits per heavy atom. The third-order valence-electron chi connectivity index (χ3n) is 1.99. The van der Waals surface area contributed by atoms with Crippen LogP contribution in [0.1, 0.15) is 19.8 Å². The lowest BCUT2D eigenvalue weighted by Crippen LogP contribution is -2.34. The summed E-state index contributed by atoms with van der Waals surface area (Å²) in [6.07, 6.45) is 1.29. The van der Waals surface area contributed by atoms with Gasteiger partial charge < -0.3 is 15.4 Å². The first-order valence-corrected chi connectivity index (χ1v) is 4.93. The van der Waals surface area contributed by atoms with Crippen molar-refractivity contribution in [3.63, 3.8) is 0 Å². The molecule has 0 rings (SSSR count). The van der Waals surface area contributed by atoms with E-state index in [4.69, 9.17) is 22.7 Å². The van der Waals surface area contributed by atoms with E-state index < -0.39 is 0 Å². The topological polar surface area (TPSA) is 55.6 Å². The Hall–Kier alpha value is -0.680. The quantitative estimate of drug-likeness (QED) is 0.661. The maximum Gasteiger partial charge on any atom is 0.222 e. The highest BCUT2D eigenvalue weighted by Gasteiger charge is 2.10. The van der Waals surface area contributed by atoms with E-state index in [1.54, 1.807) is 14.2 Å². The van der Waals surface area contributed by atoms with E-state index in [9.17, 15) is 4.79 Å². The summed E-state index contributed by atoms with van der Waals surface area (Å²) in [4.78, 5) is 13.3. The molecule has 0 spiro atoms. The molecule has 0 aliphatic rings. The minimum absolute atomic E-state index is 0.0432. The molecule has 2 N–H and O–H groups in total. The average Bonchev–Trinajstić information content (AvgIpc) is 2.12. The minimum atomic E-state index is 0.0432. The van der Waals surface area contributed by atoms with Crippen LogP contribution >= 0.6 is 12.2 Å². The highest BCUT2D eigenvalue weighted by atomic mass is 32.1. The number of nitrogens with zero attached hydrogens (tertiary/aromatic N) is 1. The highest BCUT2D eigenvalue weighted by Crippen LogP contribution is 2.02. The van der Waals surface area contributed by atoms with Crippen molar-refractivity contribution in [3.8, 4) is 0 Å². The maximum absolute atomic E-state index is 11.5. The van der Waals surface area contributed by atoms with Crippen LogP contribution in [0.4, 0.5) is 0 Å². The van der Waals surface area contributed by atoms with Crippen LogP contribution in [0.25, 0.3) is 0 Å². The summed E-state index contributed by atoms with van der Waals surface area (Å²) in [5.74, 6) is 0.0432. The van der Waals surface area contributed by atoms with E-state index in [1.165, 1.54) is 4.90 Å². The summed E-state index contributed by atoms with van der Waals surface area (Å²) < 4.78 is 5.04. The number of likely N-dealkylation sites (N-methyl/N-ethyl adjacent to an activating group) is 1. The van der Waals surface area contributed by atoms with Crippen LogP contribution in [0.2, 0.25) is 0 Å². The van der Waals surface area contributed by atoms with Gasteiger partial charge in [-0.1, -0.05) is 12.2 Å². The molecule has 1 atom stereocenters. The third kappa shape index (κ3) is 5.88. The Morgan fingerprint density at radius 3 is 2.64 bits per heavy atom. The molecule has 82 valence electrons. The number of nitrogens with two attached hydrogens (primary N) is 1. The fraction of sp³-hybridized carbons (Fsp3) is 0.778. The molecule has 0 aromatic heterocycles. The molecule has 0 aromatic rings.